The molecule has 4 rings (SSSR count). The lowest BCUT2D eigenvalue weighted by atomic mass is 9.73. The minimum absolute atomic E-state index is 0.00787. The molecule has 2 aromatic carbocycles. The van der Waals surface area contributed by atoms with Crippen LogP contribution in [-0.4, -0.2) is 18.8 Å². The van der Waals surface area contributed by atoms with Crippen LogP contribution in [0.1, 0.15) is 54.7 Å². The average Bonchev–Trinajstić information content (AvgIpc) is 2.73. The molecule has 144 valence electrons. The van der Waals surface area contributed by atoms with E-state index in [1.807, 2.05) is 24.3 Å². The van der Waals surface area contributed by atoms with E-state index >= 15 is 0 Å². The number of rotatable bonds is 4. The molecule has 1 N–H and O–H groups in total. The maximum atomic E-state index is 13.1. The lowest BCUT2D eigenvalue weighted by Crippen LogP contribution is -2.38. The third-order valence-electron chi connectivity index (χ3n) is 5.91. The number of hydrogen-bond donors (Lipinski definition) is 1. The second kappa shape index (κ2) is 7.63. The number of ketones is 1. The second-order valence-corrected chi connectivity index (χ2v) is 7.59. The van der Waals surface area contributed by atoms with Crippen molar-refractivity contribution >= 4 is 11.7 Å². The molecule has 4 nitrogen and oxygen atoms in total. The van der Waals surface area contributed by atoms with Crippen molar-refractivity contribution in [2.24, 2.45) is 0 Å². The summed E-state index contributed by atoms with van der Waals surface area (Å²) in [7, 11) is 1.64. The second-order valence-electron chi connectivity index (χ2n) is 7.59. The number of benzene rings is 2. The first-order chi connectivity index (χ1) is 13.6. The SMILES string of the molecule is CCc1ccc([C@@H]2CC(=O)NC3=C2C(=O)C[C@H](c2ccc(OC)cc2)C3)cc1. The van der Waals surface area contributed by atoms with Crippen LogP contribution in [0.5, 0.6) is 5.75 Å². The van der Waals surface area contributed by atoms with E-state index in [-0.39, 0.29) is 23.5 Å². The van der Waals surface area contributed by atoms with Crippen molar-refractivity contribution in [3.63, 3.8) is 0 Å². The molecule has 0 unspecified atom stereocenters. The van der Waals surface area contributed by atoms with Crippen molar-refractivity contribution in [2.45, 2.75) is 44.4 Å². The van der Waals surface area contributed by atoms with Gasteiger partial charge in [0, 0.05) is 30.0 Å². The van der Waals surface area contributed by atoms with Gasteiger partial charge in [0.25, 0.3) is 0 Å². The topological polar surface area (TPSA) is 55.4 Å². The van der Waals surface area contributed by atoms with E-state index in [9.17, 15) is 9.59 Å². The van der Waals surface area contributed by atoms with Gasteiger partial charge in [-0.3, -0.25) is 9.59 Å². The number of ether oxygens (including phenoxy) is 1. The lowest BCUT2D eigenvalue weighted by Gasteiger charge is -2.34. The quantitative estimate of drug-likeness (QED) is 0.869. The highest BCUT2D eigenvalue weighted by Gasteiger charge is 2.38. The number of amides is 1. The van der Waals surface area contributed by atoms with E-state index in [0.717, 1.165) is 34.6 Å². The number of hydrogen-bond acceptors (Lipinski definition) is 3. The number of aryl methyl sites for hydroxylation is 1. The lowest BCUT2D eigenvalue weighted by molar-refractivity contribution is -0.122. The van der Waals surface area contributed by atoms with Crippen LogP contribution in [0.3, 0.4) is 0 Å². The van der Waals surface area contributed by atoms with Crippen LogP contribution in [0, 0.1) is 0 Å². The minimum atomic E-state index is -0.140. The molecule has 0 aromatic heterocycles. The standard InChI is InChI=1S/C24H25NO3/c1-3-15-4-6-17(7-5-15)20-14-23(27)25-21-12-18(13-22(26)24(20)21)16-8-10-19(28-2)11-9-16/h4-11,18,20H,3,12-14H2,1-2H3,(H,25,27)/t18-,20+/m1/s1. The van der Waals surface area contributed by atoms with E-state index < -0.39 is 0 Å². The Hall–Kier alpha value is -2.88. The zero-order valence-electron chi connectivity index (χ0n) is 16.3. The number of nitrogens with one attached hydrogen (secondary N) is 1. The summed E-state index contributed by atoms with van der Waals surface area (Å²) in [5, 5.41) is 2.99. The van der Waals surface area contributed by atoms with Gasteiger partial charge in [0.15, 0.2) is 5.78 Å². The molecule has 2 atom stereocenters. The minimum Gasteiger partial charge on any atom is -0.497 e. The summed E-state index contributed by atoms with van der Waals surface area (Å²) in [4.78, 5) is 25.5. The normalized spacial score (nSPS) is 21.9. The third-order valence-corrected chi connectivity index (χ3v) is 5.91. The van der Waals surface area contributed by atoms with Gasteiger partial charge < -0.3 is 10.1 Å². The first kappa shape index (κ1) is 18.5. The van der Waals surface area contributed by atoms with E-state index in [4.69, 9.17) is 4.74 Å². The van der Waals surface area contributed by atoms with E-state index in [2.05, 4.69) is 36.5 Å². The Balaban J connectivity index is 1.65. The third kappa shape index (κ3) is 3.47. The smallest absolute Gasteiger partial charge is 0.225 e. The number of carbonyl (C=O) groups excluding carboxylic acids is 2. The van der Waals surface area contributed by atoms with Crippen molar-refractivity contribution in [1.29, 1.82) is 0 Å². The van der Waals surface area contributed by atoms with Gasteiger partial charge in [0.2, 0.25) is 5.91 Å². The van der Waals surface area contributed by atoms with Crippen LogP contribution in [0.2, 0.25) is 0 Å². The van der Waals surface area contributed by atoms with Crippen LogP contribution >= 0.6 is 0 Å². The molecule has 0 saturated carbocycles. The highest BCUT2D eigenvalue weighted by atomic mass is 16.5. The molecule has 0 radical (unpaired) electrons. The van der Waals surface area contributed by atoms with Gasteiger partial charge >= 0.3 is 0 Å². The number of allylic oxidation sites excluding steroid dienone is 2. The molecule has 4 heteroatoms. The van der Waals surface area contributed by atoms with Gasteiger partial charge in [-0.15, -0.1) is 0 Å². The van der Waals surface area contributed by atoms with E-state index in [1.54, 1.807) is 7.11 Å². The molecule has 1 heterocycles. The molecule has 1 aliphatic heterocycles. The predicted molar refractivity (Wildman–Crippen MR) is 108 cm³/mol. The summed E-state index contributed by atoms with van der Waals surface area (Å²) < 4.78 is 5.22. The van der Waals surface area contributed by atoms with Crippen molar-refractivity contribution < 1.29 is 14.3 Å². The molecule has 2 aliphatic rings. The van der Waals surface area contributed by atoms with Crippen molar-refractivity contribution in [3.8, 4) is 5.75 Å². The summed E-state index contributed by atoms with van der Waals surface area (Å²) in [6.45, 7) is 2.12. The molecular formula is C24H25NO3. The zero-order chi connectivity index (χ0) is 19.7. The largest absolute Gasteiger partial charge is 0.497 e. The Morgan fingerprint density at radius 2 is 1.61 bits per heavy atom. The molecule has 28 heavy (non-hydrogen) atoms. The summed E-state index contributed by atoms with van der Waals surface area (Å²) in [5.74, 6) is 0.878. The van der Waals surface area contributed by atoms with Crippen LogP contribution in [0.15, 0.2) is 59.8 Å². The Morgan fingerprint density at radius 1 is 0.929 bits per heavy atom. The van der Waals surface area contributed by atoms with Gasteiger partial charge in [-0.05, 0) is 47.6 Å². The Labute approximate surface area is 165 Å². The van der Waals surface area contributed by atoms with Crippen molar-refractivity contribution in [1.82, 2.24) is 5.32 Å². The van der Waals surface area contributed by atoms with Crippen molar-refractivity contribution in [2.75, 3.05) is 7.11 Å². The van der Waals surface area contributed by atoms with Crippen LogP contribution in [0.25, 0.3) is 0 Å². The fourth-order valence-electron chi connectivity index (χ4n) is 4.34. The summed E-state index contributed by atoms with van der Waals surface area (Å²) in [5.41, 5.74) is 5.01. The van der Waals surface area contributed by atoms with Gasteiger partial charge in [-0.1, -0.05) is 43.3 Å². The molecule has 0 saturated heterocycles. The maximum absolute atomic E-state index is 13.1. The van der Waals surface area contributed by atoms with E-state index in [1.165, 1.54) is 5.56 Å². The van der Waals surface area contributed by atoms with Gasteiger partial charge in [0.1, 0.15) is 5.75 Å². The fourth-order valence-corrected chi connectivity index (χ4v) is 4.34. The van der Waals surface area contributed by atoms with Gasteiger partial charge in [0.05, 0.1) is 7.11 Å². The van der Waals surface area contributed by atoms with Crippen LogP contribution in [0.4, 0.5) is 0 Å². The highest BCUT2D eigenvalue weighted by Crippen LogP contribution is 2.42. The monoisotopic (exact) mass is 375 g/mol. The zero-order valence-corrected chi connectivity index (χ0v) is 16.3. The van der Waals surface area contributed by atoms with Crippen LogP contribution < -0.4 is 10.1 Å². The highest BCUT2D eigenvalue weighted by molar-refractivity contribution is 6.02. The summed E-state index contributed by atoms with van der Waals surface area (Å²) in [6.07, 6.45) is 2.47. The Kier molecular flexibility index (Phi) is 5.03. The first-order valence-corrected chi connectivity index (χ1v) is 9.88. The number of carbonyl (C=O) groups is 2. The number of Topliss-reactive ketones (excluding diaryl/α,β-unsaturated/α-hetero) is 1. The molecule has 2 aromatic rings. The average molecular weight is 375 g/mol. The molecule has 0 spiro atoms. The van der Waals surface area contributed by atoms with Crippen molar-refractivity contribution in [3.05, 3.63) is 76.5 Å². The molecular weight excluding hydrogens is 350 g/mol. The van der Waals surface area contributed by atoms with Gasteiger partial charge in [-0.25, -0.2) is 0 Å². The fraction of sp³-hybridized carbons (Fsp3) is 0.333. The molecule has 0 fully saturated rings. The molecule has 0 bridgehead atoms. The predicted octanol–water partition coefficient (Wildman–Crippen LogP) is 4.26. The van der Waals surface area contributed by atoms with Crippen LogP contribution in [-0.2, 0) is 16.0 Å². The van der Waals surface area contributed by atoms with E-state index in [0.29, 0.717) is 19.3 Å². The Morgan fingerprint density at radius 3 is 2.25 bits per heavy atom. The van der Waals surface area contributed by atoms with Gasteiger partial charge in [-0.2, -0.15) is 0 Å². The molecule has 1 amide bonds. The summed E-state index contributed by atoms with van der Waals surface area (Å²) >= 11 is 0. The maximum Gasteiger partial charge on any atom is 0.225 e. The first-order valence-electron chi connectivity index (χ1n) is 9.88. The molecule has 1 aliphatic carbocycles. The number of methoxy groups -OCH3 is 1. The summed E-state index contributed by atoms with van der Waals surface area (Å²) in [6, 6.07) is 16.2. The Bertz CT molecular complexity index is 925.